The van der Waals surface area contributed by atoms with Gasteiger partial charge in [-0.2, -0.15) is 0 Å². The number of aryl methyl sites for hydroxylation is 1. The van der Waals surface area contributed by atoms with Gasteiger partial charge in [-0.25, -0.2) is 0 Å². The van der Waals surface area contributed by atoms with Crippen molar-refractivity contribution in [1.29, 1.82) is 0 Å². The van der Waals surface area contributed by atoms with Crippen LogP contribution in [-0.2, 0) is 11.2 Å². The molecule has 0 saturated carbocycles. The minimum Gasteiger partial charge on any atom is -0.354 e. The molecular formula is C16H23N3O3. The van der Waals surface area contributed by atoms with Gasteiger partial charge in [-0.05, 0) is 38.7 Å². The zero-order valence-corrected chi connectivity index (χ0v) is 13.3. The van der Waals surface area contributed by atoms with Gasteiger partial charge in [0.2, 0.25) is 5.91 Å². The Hall–Kier alpha value is -2.11. The van der Waals surface area contributed by atoms with Gasteiger partial charge in [0.1, 0.15) is 11.7 Å². The molecule has 1 aromatic heterocycles. The lowest BCUT2D eigenvalue weighted by Gasteiger charge is -2.13. The van der Waals surface area contributed by atoms with Gasteiger partial charge >= 0.3 is 0 Å². The lowest BCUT2D eigenvalue weighted by molar-refractivity contribution is -0.122. The maximum absolute atomic E-state index is 12.3. The van der Waals surface area contributed by atoms with Gasteiger partial charge < -0.3 is 15.6 Å². The van der Waals surface area contributed by atoms with Crippen molar-refractivity contribution in [3.05, 3.63) is 22.5 Å². The number of carbonyl (C=O) groups excluding carboxylic acids is 3. The van der Waals surface area contributed by atoms with Gasteiger partial charge in [-0.1, -0.05) is 6.92 Å². The van der Waals surface area contributed by atoms with E-state index in [9.17, 15) is 14.4 Å². The summed E-state index contributed by atoms with van der Waals surface area (Å²) < 4.78 is 0. The molecule has 0 radical (unpaired) electrons. The van der Waals surface area contributed by atoms with Crippen LogP contribution in [0.4, 0.5) is 0 Å². The molecule has 0 fully saturated rings. The first-order valence-electron chi connectivity index (χ1n) is 7.78. The van der Waals surface area contributed by atoms with Gasteiger partial charge in [-0.15, -0.1) is 0 Å². The molecule has 1 aliphatic carbocycles. The highest BCUT2D eigenvalue weighted by Gasteiger charge is 2.27. The maximum atomic E-state index is 12.3. The van der Waals surface area contributed by atoms with E-state index in [1.165, 1.54) is 0 Å². The highest BCUT2D eigenvalue weighted by atomic mass is 16.2. The predicted molar refractivity (Wildman–Crippen MR) is 83.0 cm³/mol. The molecule has 1 unspecified atom stereocenters. The number of aromatic amines is 1. The zero-order chi connectivity index (χ0) is 16.3. The van der Waals surface area contributed by atoms with Crippen LogP contribution in [0.15, 0.2) is 0 Å². The number of H-pyrrole nitrogens is 1. The van der Waals surface area contributed by atoms with Crippen LogP contribution < -0.4 is 10.6 Å². The van der Waals surface area contributed by atoms with E-state index in [1.54, 1.807) is 13.8 Å². The average molecular weight is 305 g/mol. The summed E-state index contributed by atoms with van der Waals surface area (Å²) in [4.78, 5) is 39.2. The Kier molecular flexibility index (Phi) is 5.00. The second-order valence-corrected chi connectivity index (χ2v) is 5.74. The molecule has 3 N–H and O–H groups in total. The van der Waals surface area contributed by atoms with Crippen LogP contribution >= 0.6 is 0 Å². The van der Waals surface area contributed by atoms with Crippen molar-refractivity contribution in [1.82, 2.24) is 15.6 Å². The van der Waals surface area contributed by atoms with Gasteiger partial charge in [0.15, 0.2) is 5.78 Å². The molecule has 1 aliphatic rings. The molecular weight excluding hydrogens is 282 g/mol. The molecule has 6 heteroatoms. The van der Waals surface area contributed by atoms with Crippen molar-refractivity contribution in [2.45, 2.75) is 52.5 Å². The highest BCUT2D eigenvalue weighted by molar-refractivity contribution is 6.05. The van der Waals surface area contributed by atoms with Crippen molar-refractivity contribution < 1.29 is 14.4 Å². The summed E-state index contributed by atoms with van der Waals surface area (Å²) >= 11 is 0. The van der Waals surface area contributed by atoms with Gasteiger partial charge in [0.05, 0.1) is 0 Å². The average Bonchev–Trinajstić information content (AvgIpc) is 2.83. The summed E-state index contributed by atoms with van der Waals surface area (Å²) in [6.45, 7) is 5.97. The summed E-state index contributed by atoms with van der Waals surface area (Å²) in [6.07, 6.45) is 2.96. The molecule has 1 heterocycles. The number of Topliss-reactive ketones (excluding diaryl/α,β-unsaturated/α-hetero) is 1. The van der Waals surface area contributed by atoms with Crippen LogP contribution in [0.3, 0.4) is 0 Å². The van der Waals surface area contributed by atoms with E-state index in [1.807, 2.05) is 6.92 Å². The fourth-order valence-electron chi connectivity index (χ4n) is 2.74. The minimum absolute atomic E-state index is 0.0859. The van der Waals surface area contributed by atoms with E-state index in [-0.39, 0.29) is 17.6 Å². The molecule has 2 amide bonds. The van der Waals surface area contributed by atoms with E-state index in [0.717, 1.165) is 25.0 Å². The fraction of sp³-hybridized carbons (Fsp3) is 0.562. The summed E-state index contributed by atoms with van der Waals surface area (Å²) in [6, 6.07) is -0.616. The van der Waals surface area contributed by atoms with Crippen molar-refractivity contribution in [3.63, 3.8) is 0 Å². The van der Waals surface area contributed by atoms with Crippen LogP contribution in [0, 0.1) is 6.92 Å². The summed E-state index contributed by atoms with van der Waals surface area (Å²) in [5.41, 5.74) is 2.55. The largest absolute Gasteiger partial charge is 0.354 e. The number of hydrogen-bond donors (Lipinski definition) is 3. The third kappa shape index (κ3) is 3.21. The topological polar surface area (TPSA) is 91.1 Å². The zero-order valence-electron chi connectivity index (χ0n) is 13.3. The van der Waals surface area contributed by atoms with Gasteiger partial charge in [-0.3, -0.25) is 14.4 Å². The Labute approximate surface area is 130 Å². The Morgan fingerprint density at radius 1 is 1.32 bits per heavy atom. The molecule has 0 spiro atoms. The van der Waals surface area contributed by atoms with Crippen LogP contribution in [-0.4, -0.2) is 35.2 Å². The highest BCUT2D eigenvalue weighted by Crippen LogP contribution is 2.26. The van der Waals surface area contributed by atoms with E-state index in [4.69, 9.17) is 0 Å². The Bertz CT molecular complexity index is 604. The smallest absolute Gasteiger partial charge is 0.268 e. The van der Waals surface area contributed by atoms with Crippen LogP contribution in [0.2, 0.25) is 0 Å². The Morgan fingerprint density at radius 3 is 2.68 bits per heavy atom. The summed E-state index contributed by atoms with van der Waals surface area (Å²) in [7, 11) is 0. The van der Waals surface area contributed by atoms with Crippen molar-refractivity contribution >= 4 is 17.6 Å². The number of carbonyl (C=O) groups is 3. The Balaban J connectivity index is 2.10. The van der Waals surface area contributed by atoms with Crippen molar-refractivity contribution in [2.24, 2.45) is 0 Å². The van der Waals surface area contributed by atoms with Crippen molar-refractivity contribution in [3.8, 4) is 0 Å². The number of aromatic nitrogens is 1. The third-order valence-electron chi connectivity index (χ3n) is 3.95. The van der Waals surface area contributed by atoms with Crippen LogP contribution in [0.25, 0.3) is 0 Å². The van der Waals surface area contributed by atoms with Crippen LogP contribution in [0.5, 0.6) is 0 Å². The predicted octanol–water partition coefficient (Wildman–Crippen LogP) is 1.49. The molecule has 0 aromatic carbocycles. The SMILES string of the molecule is CCCNC(=O)C(C)NC(=O)c1[nH]c2c(c1C)C(=O)CCC2. The molecule has 120 valence electrons. The van der Waals surface area contributed by atoms with Gasteiger partial charge in [0, 0.05) is 24.2 Å². The van der Waals surface area contributed by atoms with Gasteiger partial charge in [0.25, 0.3) is 5.91 Å². The molecule has 1 atom stereocenters. The molecule has 0 bridgehead atoms. The van der Waals surface area contributed by atoms with Crippen LogP contribution in [0.1, 0.15) is 65.2 Å². The van der Waals surface area contributed by atoms with E-state index in [2.05, 4.69) is 15.6 Å². The first kappa shape index (κ1) is 16.3. The minimum atomic E-state index is -0.616. The summed E-state index contributed by atoms with van der Waals surface area (Å²) in [5.74, 6) is -0.470. The quantitative estimate of drug-likeness (QED) is 0.769. The lowest BCUT2D eigenvalue weighted by atomic mass is 9.94. The maximum Gasteiger partial charge on any atom is 0.268 e. The van der Waals surface area contributed by atoms with E-state index < -0.39 is 6.04 Å². The number of rotatable bonds is 5. The Morgan fingerprint density at radius 2 is 2.05 bits per heavy atom. The summed E-state index contributed by atoms with van der Waals surface area (Å²) in [5, 5.41) is 5.42. The monoisotopic (exact) mass is 305 g/mol. The second kappa shape index (κ2) is 6.77. The molecule has 0 saturated heterocycles. The second-order valence-electron chi connectivity index (χ2n) is 5.74. The standard InChI is InChI=1S/C16H23N3O3/c1-4-8-17-15(21)10(3)18-16(22)14-9(2)13-11(19-14)6-5-7-12(13)20/h10,19H,4-8H2,1-3H3,(H,17,21)(H,18,22). The number of hydrogen-bond acceptors (Lipinski definition) is 3. The normalized spacial score (nSPS) is 15.1. The molecule has 2 rings (SSSR count). The molecule has 1 aromatic rings. The van der Waals surface area contributed by atoms with E-state index in [0.29, 0.717) is 29.8 Å². The lowest BCUT2D eigenvalue weighted by Crippen LogP contribution is -2.45. The number of ketones is 1. The third-order valence-corrected chi connectivity index (χ3v) is 3.95. The number of fused-ring (bicyclic) bond motifs is 1. The number of amides is 2. The van der Waals surface area contributed by atoms with Crippen molar-refractivity contribution in [2.75, 3.05) is 6.54 Å². The number of nitrogens with one attached hydrogen (secondary N) is 3. The first-order valence-corrected chi connectivity index (χ1v) is 7.78. The molecule has 22 heavy (non-hydrogen) atoms. The fourth-order valence-corrected chi connectivity index (χ4v) is 2.74. The molecule has 0 aliphatic heterocycles. The first-order chi connectivity index (χ1) is 10.5. The molecule has 6 nitrogen and oxygen atoms in total. The van der Waals surface area contributed by atoms with E-state index >= 15 is 0 Å².